The maximum Gasteiger partial charge on any atom is 0.411 e. The zero-order valence-electron chi connectivity index (χ0n) is 9.27. The van der Waals surface area contributed by atoms with Gasteiger partial charge < -0.3 is 9.47 Å². The average molecular weight is 287 g/mol. The lowest BCUT2D eigenvalue weighted by atomic mass is 10.2. The summed E-state index contributed by atoms with van der Waals surface area (Å²) >= 11 is 5.51. The molecule has 0 bridgehead atoms. The number of hydrogen-bond donors (Lipinski definition) is 0. The van der Waals surface area contributed by atoms with Crippen LogP contribution in [0, 0.1) is 5.82 Å². The predicted octanol–water partition coefficient (Wildman–Crippen LogP) is 3.52. The molecular formula is C11H11ClF4O2. The fourth-order valence-corrected chi connectivity index (χ4v) is 1.31. The average Bonchev–Trinajstić information content (AvgIpc) is 2.29. The Morgan fingerprint density at radius 2 is 1.89 bits per heavy atom. The van der Waals surface area contributed by atoms with Gasteiger partial charge in [-0.05, 0) is 17.7 Å². The maximum atomic E-state index is 13.3. The van der Waals surface area contributed by atoms with Crippen LogP contribution in [-0.2, 0) is 10.6 Å². The molecule has 0 fully saturated rings. The maximum absolute atomic E-state index is 13.3. The lowest BCUT2D eigenvalue weighted by Crippen LogP contribution is -2.19. The first kappa shape index (κ1) is 15.0. The van der Waals surface area contributed by atoms with Crippen LogP contribution < -0.4 is 4.74 Å². The summed E-state index contributed by atoms with van der Waals surface area (Å²) in [6.07, 6.45) is -4.37. The van der Waals surface area contributed by atoms with Gasteiger partial charge in [0, 0.05) is 5.88 Å². The van der Waals surface area contributed by atoms with Gasteiger partial charge in [-0.1, -0.05) is 6.07 Å². The first-order valence-electron chi connectivity index (χ1n) is 5.04. The molecule has 0 aliphatic carbocycles. The zero-order valence-corrected chi connectivity index (χ0v) is 10.0. The minimum Gasteiger partial charge on any atom is -0.488 e. The molecule has 0 unspecified atom stereocenters. The molecule has 1 aromatic rings. The Balaban J connectivity index is 2.31. The van der Waals surface area contributed by atoms with Gasteiger partial charge in [-0.25, -0.2) is 4.39 Å². The van der Waals surface area contributed by atoms with Crippen molar-refractivity contribution in [3.8, 4) is 5.75 Å². The van der Waals surface area contributed by atoms with E-state index in [4.69, 9.17) is 16.3 Å². The fraction of sp³-hybridized carbons (Fsp3) is 0.455. The molecule has 2 nitrogen and oxygen atoms in total. The van der Waals surface area contributed by atoms with Gasteiger partial charge in [0.15, 0.2) is 11.6 Å². The highest BCUT2D eigenvalue weighted by Gasteiger charge is 2.27. The molecule has 0 aliphatic heterocycles. The minimum absolute atomic E-state index is 0.0422. The smallest absolute Gasteiger partial charge is 0.411 e. The van der Waals surface area contributed by atoms with Crippen LogP contribution in [0.4, 0.5) is 17.6 Å². The highest BCUT2D eigenvalue weighted by Crippen LogP contribution is 2.19. The highest BCUT2D eigenvalue weighted by atomic mass is 35.5. The Labute approximate surface area is 106 Å². The van der Waals surface area contributed by atoms with Crippen molar-refractivity contribution in [2.75, 3.05) is 19.8 Å². The number of hydrogen-bond acceptors (Lipinski definition) is 2. The summed E-state index contributed by atoms with van der Waals surface area (Å²) in [4.78, 5) is 0. The molecule has 0 spiro atoms. The topological polar surface area (TPSA) is 18.5 Å². The molecule has 18 heavy (non-hydrogen) atoms. The van der Waals surface area contributed by atoms with Crippen molar-refractivity contribution in [1.29, 1.82) is 0 Å². The number of ether oxygens (including phenoxy) is 2. The Bertz CT molecular complexity index is 382. The van der Waals surface area contributed by atoms with Gasteiger partial charge in [-0.2, -0.15) is 13.2 Å². The Kier molecular flexibility index (Phi) is 5.68. The number of benzene rings is 1. The summed E-state index contributed by atoms with van der Waals surface area (Å²) in [6.45, 7) is -1.77. The molecule has 0 saturated heterocycles. The molecule has 0 aliphatic rings. The summed E-state index contributed by atoms with van der Waals surface area (Å²) in [5, 5.41) is 0. The van der Waals surface area contributed by atoms with Crippen LogP contribution in [0.25, 0.3) is 0 Å². The van der Waals surface area contributed by atoms with E-state index in [0.717, 1.165) is 0 Å². The van der Waals surface area contributed by atoms with Crippen LogP contribution >= 0.6 is 11.6 Å². The molecule has 0 heterocycles. The fourth-order valence-electron chi connectivity index (χ4n) is 1.14. The lowest BCUT2D eigenvalue weighted by molar-refractivity contribution is -0.175. The van der Waals surface area contributed by atoms with Crippen molar-refractivity contribution >= 4 is 11.6 Å². The molecular weight excluding hydrogens is 276 g/mol. The standard InChI is InChI=1S/C11H11ClF4O2/c12-6-8-1-2-10(9(13)5-8)18-4-3-17-7-11(14,15)16/h1-2,5H,3-4,6-7H2. The van der Waals surface area contributed by atoms with Gasteiger partial charge in [-0.15, -0.1) is 11.6 Å². The van der Waals surface area contributed by atoms with Crippen LogP contribution in [-0.4, -0.2) is 26.0 Å². The van der Waals surface area contributed by atoms with Crippen molar-refractivity contribution in [1.82, 2.24) is 0 Å². The van der Waals surface area contributed by atoms with E-state index >= 15 is 0 Å². The SMILES string of the molecule is Fc1cc(CCl)ccc1OCCOCC(F)(F)F. The van der Waals surface area contributed by atoms with Crippen molar-refractivity contribution in [3.63, 3.8) is 0 Å². The molecule has 0 N–H and O–H groups in total. The monoisotopic (exact) mass is 286 g/mol. The first-order valence-corrected chi connectivity index (χ1v) is 5.57. The second-order valence-corrected chi connectivity index (χ2v) is 3.68. The van der Waals surface area contributed by atoms with Crippen LogP contribution in [0.3, 0.4) is 0 Å². The Morgan fingerprint density at radius 1 is 1.17 bits per heavy atom. The largest absolute Gasteiger partial charge is 0.488 e. The van der Waals surface area contributed by atoms with Gasteiger partial charge in [0.2, 0.25) is 0 Å². The van der Waals surface area contributed by atoms with Crippen LogP contribution in [0.2, 0.25) is 0 Å². The van der Waals surface area contributed by atoms with E-state index in [1.807, 2.05) is 0 Å². The Morgan fingerprint density at radius 3 is 2.44 bits per heavy atom. The number of halogens is 5. The van der Waals surface area contributed by atoms with Gasteiger partial charge in [0.05, 0.1) is 6.61 Å². The highest BCUT2D eigenvalue weighted by molar-refractivity contribution is 6.17. The van der Waals surface area contributed by atoms with Crippen LogP contribution in [0.5, 0.6) is 5.75 Å². The molecule has 0 atom stereocenters. The van der Waals surface area contributed by atoms with Crippen LogP contribution in [0.1, 0.15) is 5.56 Å². The van der Waals surface area contributed by atoms with Gasteiger partial charge in [-0.3, -0.25) is 0 Å². The summed E-state index contributed by atoms with van der Waals surface area (Å²) in [5.74, 6) is -0.477. The van der Waals surface area contributed by atoms with E-state index in [2.05, 4.69) is 4.74 Å². The molecule has 0 radical (unpaired) electrons. The quantitative estimate of drug-likeness (QED) is 0.452. The predicted molar refractivity (Wildman–Crippen MR) is 58.3 cm³/mol. The van der Waals surface area contributed by atoms with Crippen molar-refractivity contribution in [2.24, 2.45) is 0 Å². The second-order valence-electron chi connectivity index (χ2n) is 3.41. The van der Waals surface area contributed by atoms with Gasteiger partial charge in [0.1, 0.15) is 13.2 Å². The molecule has 0 aromatic heterocycles. The van der Waals surface area contributed by atoms with E-state index in [-0.39, 0.29) is 24.8 Å². The summed E-state index contributed by atoms with van der Waals surface area (Å²) in [5.41, 5.74) is 0.592. The molecule has 7 heteroatoms. The lowest BCUT2D eigenvalue weighted by Gasteiger charge is -2.10. The molecule has 1 rings (SSSR count). The van der Waals surface area contributed by atoms with Gasteiger partial charge in [0.25, 0.3) is 0 Å². The molecule has 0 saturated carbocycles. The van der Waals surface area contributed by atoms with Gasteiger partial charge >= 0.3 is 6.18 Å². The molecule has 102 valence electrons. The zero-order chi connectivity index (χ0) is 13.6. The van der Waals surface area contributed by atoms with E-state index in [1.165, 1.54) is 12.1 Å². The van der Waals surface area contributed by atoms with E-state index in [9.17, 15) is 17.6 Å². The Hall–Kier alpha value is -1.01. The van der Waals surface area contributed by atoms with Crippen LogP contribution in [0.15, 0.2) is 18.2 Å². The second kappa shape index (κ2) is 6.80. The summed E-state index contributed by atoms with van der Waals surface area (Å²) in [7, 11) is 0. The third kappa shape index (κ3) is 5.55. The van der Waals surface area contributed by atoms with Crippen molar-refractivity contribution < 1.29 is 27.0 Å². The minimum atomic E-state index is -4.37. The van der Waals surface area contributed by atoms with E-state index < -0.39 is 18.6 Å². The normalized spacial score (nSPS) is 11.6. The summed E-state index contributed by atoms with van der Waals surface area (Å²) < 4.78 is 57.7. The third-order valence-corrected chi connectivity index (χ3v) is 2.21. The van der Waals surface area contributed by atoms with E-state index in [0.29, 0.717) is 5.56 Å². The molecule has 1 aromatic carbocycles. The third-order valence-electron chi connectivity index (χ3n) is 1.90. The number of alkyl halides is 4. The summed E-state index contributed by atoms with van der Waals surface area (Å²) in [6, 6.07) is 4.15. The number of rotatable bonds is 6. The first-order chi connectivity index (χ1) is 8.42. The van der Waals surface area contributed by atoms with Crippen molar-refractivity contribution in [2.45, 2.75) is 12.1 Å². The van der Waals surface area contributed by atoms with E-state index in [1.54, 1.807) is 6.07 Å². The molecule has 0 amide bonds. The van der Waals surface area contributed by atoms with Crippen molar-refractivity contribution in [3.05, 3.63) is 29.6 Å².